The molecule has 4 aromatic rings. The fourth-order valence-electron chi connectivity index (χ4n) is 3.89. The molecule has 9 heteroatoms. The molecule has 1 heterocycles. The quantitative estimate of drug-likeness (QED) is 0.297. The molecule has 0 aliphatic carbocycles. The van der Waals surface area contributed by atoms with E-state index in [0.29, 0.717) is 23.6 Å². The molecule has 0 amide bonds. The van der Waals surface area contributed by atoms with Gasteiger partial charge in [0.15, 0.2) is 0 Å². The van der Waals surface area contributed by atoms with Gasteiger partial charge in [-0.25, -0.2) is 22.2 Å². The van der Waals surface area contributed by atoms with Crippen LogP contribution in [0.2, 0.25) is 5.02 Å². The zero-order chi connectivity index (χ0) is 24.3. The molecule has 0 N–H and O–H groups in total. The van der Waals surface area contributed by atoms with Crippen LogP contribution >= 0.6 is 11.6 Å². The molecule has 4 rings (SSSR count). The predicted octanol–water partition coefficient (Wildman–Crippen LogP) is 6.01. The second kappa shape index (κ2) is 9.95. The lowest BCUT2D eigenvalue weighted by Crippen LogP contribution is -2.35. The summed E-state index contributed by atoms with van der Waals surface area (Å²) >= 11 is 5.94. The highest BCUT2D eigenvalue weighted by Gasteiger charge is 2.33. The molecule has 0 saturated carbocycles. The Labute approximate surface area is 202 Å². The maximum absolute atomic E-state index is 14.9. The number of hydrogen-bond acceptors (Lipinski definition) is 3. The molecule has 34 heavy (non-hydrogen) atoms. The number of rotatable bonds is 8. The molecule has 0 aliphatic heterocycles. The Morgan fingerprint density at radius 1 is 1.06 bits per heavy atom. The zero-order valence-corrected chi connectivity index (χ0v) is 19.8. The van der Waals surface area contributed by atoms with Crippen molar-refractivity contribution < 1.29 is 17.2 Å². The molecule has 1 unspecified atom stereocenters. The van der Waals surface area contributed by atoms with Crippen LogP contribution in [0.5, 0.6) is 0 Å². The molecule has 0 saturated heterocycles. The second-order valence-electron chi connectivity index (χ2n) is 7.78. The first-order valence-corrected chi connectivity index (χ1v) is 12.4. The maximum Gasteiger partial charge on any atom is 0.264 e. The fraction of sp³-hybridized carbons (Fsp3) is 0.160. The number of aromatic nitrogens is 2. The van der Waals surface area contributed by atoms with Gasteiger partial charge in [-0.3, -0.25) is 4.31 Å². The third-order valence-electron chi connectivity index (χ3n) is 5.57. The normalized spacial score (nSPS) is 12.5. The minimum Gasteiger partial charge on any atom is -0.337 e. The molecule has 5 nitrogen and oxygen atoms in total. The number of sulfonamides is 1. The van der Waals surface area contributed by atoms with Crippen molar-refractivity contribution in [1.29, 1.82) is 0 Å². The lowest BCUT2D eigenvalue weighted by molar-refractivity contribution is 0.569. The van der Waals surface area contributed by atoms with Crippen molar-refractivity contribution in [2.75, 3.05) is 4.31 Å². The maximum atomic E-state index is 14.9. The summed E-state index contributed by atoms with van der Waals surface area (Å²) in [4.78, 5) is 3.96. The second-order valence-corrected chi connectivity index (χ2v) is 10.0. The van der Waals surface area contributed by atoms with Crippen molar-refractivity contribution in [2.45, 2.75) is 30.8 Å². The Bertz CT molecular complexity index is 1380. The summed E-state index contributed by atoms with van der Waals surface area (Å²) in [6.07, 6.45) is 5.82. The SMILES string of the molecule is CC(c1ccccc1CCn1ccnc1)N(c1cc(F)ccc1F)S(=O)(=O)c1ccc(Cl)cc1. The van der Waals surface area contributed by atoms with E-state index in [0.717, 1.165) is 28.1 Å². The molecule has 3 aromatic carbocycles. The smallest absolute Gasteiger partial charge is 0.264 e. The third-order valence-corrected chi connectivity index (χ3v) is 7.72. The number of nitrogens with zero attached hydrogens (tertiary/aromatic N) is 3. The fourth-order valence-corrected chi connectivity index (χ4v) is 5.65. The van der Waals surface area contributed by atoms with Crippen LogP contribution < -0.4 is 4.31 Å². The Morgan fingerprint density at radius 2 is 1.79 bits per heavy atom. The molecule has 0 radical (unpaired) electrons. The average Bonchev–Trinajstić information content (AvgIpc) is 3.34. The lowest BCUT2D eigenvalue weighted by atomic mass is 9.98. The van der Waals surface area contributed by atoms with E-state index in [1.54, 1.807) is 31.6 Å². The van der Waals surface area contributed by atoms with Crippen LogP contribution in [0.25, 0.3) is 0 Å². The van der Waals surface area contributed by atoms with Crippen LogP contribution in [-0.2, 0) is 23.0 Å². The Kier molecular flexibility index (Phi) is 7.00. The number of aryl methyl sites for hydroxylation is 2. The largest absolute Gasteiger partial charge is 0.337 e. The topological polar surface area (TPSA) is 55.2 Å². The van der Waals surface area contributed by atoms with Gasteiger partial charge in [0.2, 0.25) is 0 Å². The van der Waals surface area contributed by atoms with Gasteiger partial charge in [0.1, 0.15) is 11.6 Å². The Balaban J connectivity index is 1.81. The van der Waals surface area contributed by atoms with Crippen LogP contribution in [0.3, 0.4) is 0 Å². The van der Waals surface area contributed by atoms with Gasteiger partial charge < -0.3 is 4.57 Å². The van der Waals surface area contributed by atoms with E-state index in [2.05, 4.69) is 4.98 Å². The first-order chi connectivity index (χ1) is 16.3. The van der Waals surface area contributed by atoms with Crippen molar-refractivity contribution in [3.63, 3.8) is 0 Å². The Morgan fingerprint density at radius 3 is 2.50 bits per heavy atom. The van der Waals surface area contributed by atoms with Crippen molar-refractivity contribution in [3.05, 3.63) is 113 Å². The molecule has 1 atom stereocenters. The van der Waals surface area contributed by atoms with Crippen LogP contribution in [0.1, 0.15) is 24.1 Å². The van der Waals surface area contributed by atoms with Gasteiger partial charge in [-0.15, -0.1) is 0 Å². The molecule has 176 valence electrons. The summed E-state index contributed by atoms with van der Waals surface area (Å²) in [6.45, 7) is 2.29. The van der Waals surface area contributed by atoms with Crippen LogP contribution in [0, 0.1) is 11.6 Å². The standard InChI is InChI=1S/C25H22ClF2N3O2S/c1-18(23-5-3-2-4-19(23)12-14-30-15-13-29-17-30)31(25-16-21(27)8-11-24(25)28)34(32,33)22-9-6-20(26)7-10-22/h2-11,13,15-18H,12,14H2,1H3. The minimum absolute atomic E-state index is 0.0803. The van der Waals surface area contributed by atoms with Gasteiger partial charge in [0, 0.05) is 30.0 Å². The molecular weight excluding hydrogens is 480 g/mol. The van der Waals surface area contributed by atoms with Crippen LogP contribution in [0.15, 0.2) is 90.3 Å². The molecule has 0 fully saturated rings. The summed E-state index contributed by atoms with van der Waals surface area (Å²) in [5.74, 6) is -1.59. The first-order valence-electron chi connectivity index (χ1n) is 10.6. The summed E-state index contributed by atoms with van der Waals surface area (Å²) in [5.41, 5.74) is 1.20. The molecule has 0 aliphatic rings. The highest BCUT2D eigenvalue weighted by atomic mass is 35.5. The lowest BCUT2D eigenvalue weighted by Gasteiger charge is -2.32. The average molecular weight is 502 g/mol. The van der Waals surface area contributed by atoms with Gasteiger partial charge in [-0.05, 0) is 60.9 Å². The number of imidazole rings is 1. The van der Waals surface area contributed by atoms with Gasteiger partial charge in [0.25, 0.3) is 10.0 Å². The summed E-state index contributed by atoms with van der Waals surface area (Å²) in [6, 6.07) is 14.9. The van der Waals surface area contributed by atoms with E-state index in [1.807, 2.05) is 22.9 Å². The molecule has 1 aromatic heterocycles. The molecular formula is C25H22ClF2N3O2S. The van der Waals surface area contributed by atoms with Crippen molar-refractivity contribution in [1.82, 2.24) is 9.55 Å². The molecule has 0 bridgehead atoms. The van der Waals surface area contributed by atoms with E-state index < -0.39 is 27.7 Å². The number of hydrogen-bond donors (Lipinski definition) is 0. The number of benzene rings is 3. The summed E-state index contributed by atoms with van der Waals surface area (Å²) < 4.78 is 59.5. The molecule has 0 spiro atoms. The summed E-state index contributed by atoms with van der Waals surface area (Å²) in [5, 5.41) is 0.361. The minimum atomic E-state index is -4.28. The number of anilines is 1. The van der Waals surface area contributed by atoms with Gasteiger partial charge in [-0.2, -0.15) is 0 Å². The van der Waals surface area contributed by atoms with Crippen molar-refractivity contribution in [2.24, 2.45) is 0 Å². The highest BCUT2D eigenvalue weighted by molar-refractivity contribution is 7.92. The number of halogens is 3. The zero-order valence-electron chi connectivity index (χ0n) is 18.3. The monoisotopic (exact) mass is 501 g/mol. The van der Waals surface area contributed by atoms with Crippen LogP contribution in [-0.4, -0.2) is 18.0 Å². The van der Waals surface area contributed by atoms with E-state index in [-0.39, 0.29) is 10.6 Å². The van der Waals surface area contributed by atoms with Crippen molar-refractivity contribution >= 4 is 27.3 Å². The Hall–Kier alpha value is -3.23. The first kappa shape index (κ1) is 23.9. The van der Waals surface area contributed by atoms with Crippen LogP contribution in [0.4, 0.5) is 14.5 Å². The third kappa shape index (κ3) is 4.98. The predicted molar refractivity (Wildman–Crippen MR) is 128 cm³/mol. The van der Waals surface area contributed by atoms with E-state index in [9.17, 15) is 17.2 Å². The van der Waals surface area contributed by atoms with Gasteiger partial charge in [-0.1, -0.05) is 35.9 Å². The van der Waals surface area contributed by atoms with Gasteiger partial charge >= 0.3 is 0 Å². The highest BCUT2D eigenvalue weighted by Crippen LogP contribution is 2.36. The van der Waals surface area contributed by atoms with E-state index >= 15 is 0 Å². The van der Waals surface area contributed by atoms with Gasteiger partial charge in [0.05, 0.1) is 23.0 Å². The van der Waals surface area contributed by atoms with E-state index in [4.69, 9.17) is 11.6 Å². The van der Waals surface area contributed by atoms with E-state index in [1.165, 1.54) is 24.3 Å². The summed E-state index contributed by atoms with van der Waals surface area (Å²) in [7, 11) is -4.28. The van der Waals surface area contributed by atoms with Crippen molar-refractivity contribution in [3.8, 4) is 0 Å².